The average Bonchev–Trinajstić information content (AvgIpc) is 2.96. The number of hydrogen-bond acceptors (Lipinski definition) is 6. The predicted octanol–water partition coefficient (Wildman–Crippen LogP) is 6.46. The lowest BCUT2D eigenvalue weighted by Gasteiger charge is -2.18. The van der Waals surface area contributed by atoms with E-state index in [9.17, 15) is 0 Å². The van der Waals surface area contributed by atoms with Crippen molar-refractivity contribution in [1.29, 1.82) is 0 Å². The Morgan fingerprint density at radius 2 is 0.929 bits per heavy atom. The van der Waals surface area contributed by atoms with Gasteiger partial charge in [0, 0.05) is 38.6 Å². The van der Waals surface area contributed by atoms with Crippen LogP contribution in [0, 0.1) is 41.5 Å². The SMILES string of the molecule is Cc1cc(C)c2c(C)c1CN=Cc1cccc(n1)C=NCc1c(C)cc(C)c(c1C)CNCc1cccc(n1)CNC2. The molecule has 2 aromatic carbocycles. The highest BCUT2D eigenvalue weighted by Crippen LogP contribution is 2.25. The van der Waals surface area contributed by atoms with Crippen LogP contribution in [-0.4, -0.2) is 22.4 Å². The fourth-order valence-corrected chi connectivity index (χ4v) is 6.01. The minimum absolute atomic E-state index is 0.621. The van der Waals surface area contributed by atoms with Crippen LogP contribution in [0.1, 0.15) is 78.4 Å². The van der Waals surface area contributed by atoms with Gasteiger partial charge in [-0.3, -0.25) is 15.0 Å². The quantitative estimate of drug-likeness (QED) is 0.260. The van der Waals surface area contributed by atoms with Gasteiger partial charge >= 0.3 is 0 Å². The number of aryl methyl sites for hydroxylation is 4. The van der Waals surface area contributed by atoms with Gasteiger partial charge in [0.25, 0.3) is 0 Å². The van der Waals surface area contributed by atoms with E-state index in [4.69, 9.17) is 20.0 Å². The van der Waals surface area contributed by atoms with Gasteiger partial charge < -0.3 is 10.6 Å². The summed E-state index contributed by atoms with van der Waals surface area (Å²) in [5.41, 5.74) is 16.7. The Balaban J connectivity index is 1.47. The molecule has 3 heterocycles. The molecule has 2 aromatic heterocycles. The topological polar surface area (TPSA) is 74.6 Å². The van der Waals surface area contributed by atoms with Gasteiger partial charge in [-0.05, 0) is 121 Å². The molecule has 0 fully saturated rings. The van der Waals surface area contributed by atoms with Crippen LogP contribution in [0.4, 0.5) is 0 Å². The number of nitrogens with zero attached hydrogens (tertiary/aromatic N) is 4. The lowest BCUT2D eigenvalue weighted by Crippen LogP contribution is -2.19. The number of fused-ring (bicyclic) bond motifs is 8. The van der Waals surface area contributed by atoms with Gasteiger partial charge in [-0.25, -0.2) is 4.98 Å². The smallest absolute Gasteiger partial charge is 0.0815 e. The summed E-state index contributed by atoms with van der Waals surface area (Å²) in [6.45, 7) is 17.4. The van der Waals surface area contributed by atoms with E-state index in [1.807, 2.05) is 30.6 Å². The van der Waals surface area contributed by atoms with Crippen molar-refractivity contribution in [2.45, 2.75) is 80.8 Å². The standard InChI is InChI=1S/C36H42N6/c1-23-13-24(2)34-20-38-16-30-11-8-12-32(42-30)18-40-22-36-26(4)14-25(3)35(28(36)6)21-39-17-31-10-7-9-29(41-31)15-37-19-33(23)27(34)5/h7-15,17,38,40H,16,18-22H2,1-6H3. The van der Waals surface area contributed by atoms with Crippen molar-refractivity contribution in [2.75, 3.05) is 0 Å². The van der Waals surface area contributed by atoms with E-state index in [2.05, 4.69) is 82.5 Å². The molecule has 6 nitrogen and oxygen atoms in total. The van der Waals surface area contributed by atoms with Crippen molar-refractivity contribution in [3.05, 3.63) is 127 Å². The van der Waals surface area contributed by atoms with Crippen LogP contribution in [0.15, 0.2) is 58.5 Å². The van der Waals surface area contributed by atoms with Gasteiger partial charge in [0.2, 0.25) is 0 Å². The Morgan fingerprint density at radius 3 is 1.40 bits per heavy atom. The van der Waals surface area contributed by atoms with Crippen molar-refractivity contribution < 1.29 is 0 Å². The molecule has 0 atom stereocenters. The number of aliphatic imine (C=N–C) groups is 2. The summed E-state index contributed by atoms with van der Waals surface area (Å²) < 4.78 is 0. The zero-order valence-corrected chi connectivity index (χ0v) is 25.8. The number of aromatic nitrogens is 2. The molecule has 1 aliphatic heterocycles. The summed E-state index contributed by atoms with van der Waals surface area (Å²) in [5.74, 6) is 0. The summed E-state index contributed by atoms with van der Waals surface area (Å²) in [6, 6.07) is 16.9. The molecular formula is C36H42N6. The normalized spacial score (nSPS) is 14.4. The van der Waals surface area contributed by atoms with Gasteiger partial charge in [0.1, 0.15) is 0 Å². The first-order chi connectivity index (χ1) is 20.3. The van der Waals surface area contributed by atoms with E-state index >= 15 is 0 Å². The molecule has 6 heteroatoms. The third-order valence-electron chi connectivity index (χ3n) is 8.40. The Hall–Kier alpha value is -4.00. The summed E-state index contributed by atoms with van der Waals surface area (Å²) in [6.07, 6.45) is 3.75. The van der Waals surface area contributed by atoms with Crippen molar-refractivity contribution >= 4 is 12.4 Å². The second-order valence-corrected chi connectivity index (χ2v) is 11.4. The highest BCUT2D eigenvalue weighted by molar-refractivity contribution is 5.81. The van der Waals surface area contributed by atoms with Gasteiger partial charge in [-0.15, -0.1) is 0 Å². The van der Waals surface area contributed by atoms with Crippen molar-refractivity contribution in [3.63, 3.8) is 0 Å². The first kappa shape index (κ1) is 29.5. The number of benzene rings is 2. The lowest BCUT2D eigenvalue weighted by molar-refractivity contribution is 0.649. The number of hydrogen-bond donors (Lipinski definition) is 2. The Morgan fingerprint density at radius 1 is 0.500 bits per heavy atom. The lowest BCUT2D eigenvalue weighted by atomic mass is 9.93. The summed E-state index contributed by atoms with van der Waals surface area (Å²) in [7, 11) is 0. The van der Waals surface area contributed by atoms with Gasteiger partial charge in [-0.2, -0.15) is 0 Å². The molecule has 0 saturated carbocycles. The van der Waals surface area contributed by atoms with Gasteiger partial charge in [0.15, 0.2) is 0 Å². The van der Waals surface area contributed by atoms with Crippen molar-refractivity contribution in [3.8, 4) is 0 Å². The van der Waals surface area contributed by atoms with E-state index in [0.717, 1.165) is 49.0 Å². The fourth-order valence-electron chi connectivity index (χ4n) is 6.01. The molecule has 8 bridgehead atoms. The average molecular weight is 559 g/mol. The van der Waals surface area contributed by atoms with Crippen molar-refractivity contribution in [2.24, 2.45) is 9.98 Å². The molecule has 216 valence electrons. The van der Waals surface area contributed by atoms with Crippen LogP contribution in [-0.2, 0) is 39.3 Å². The van der Waals surface area contributed by atoms with Crippen LogP contribution in [0.2, 0.25) is 0 Å². The Bertz CT molecular complexity index is 1540. The first-order valence-corrected chi connectivity index (χ1v) is 14.8. The monoisotopic (exact) mass is 558 g/mol. The zero-order valence-electron chi connectivity index (χ0n) is 25.8. The Kier molecular flexibility index (Phi) is 9.35. The molecular weight excluding hydrogens is 516 g/mol. The van der Waals surface area contributed by atoms with Crippen LogP contribution >= 0.6 is 0 Å². The molecule has 0 radical (unpaired) electrons. The zero-order chi connectivity index (χ0) is 29.6. The molecule has 0 saturated heterocycles. The van der Waals surface area contributed by atoms with Crippen molar-refractivity contribution in [1.82, 2.24) is 20.6 Å². The number of pyridine rings is 2. The largest absolute Gasteiger partial charge is 0.307 e. The maximum atomic E-state index is 4.93. The molecule has 0 spiro atoms. The van der Waals surface area contributed by atoms with Gasteiger partial charge in [0.05, 0.1) is 35.9 Å². The van der Waals surface area contributed by atoms with E-state index in [1.54, 1.807) is 0 Å². The maximum Gasteiger partial charge on any atom is 0.0815 e. The minimum Gasteiger partial charge on any atom is -0.307 e. The molecule has 4 aromatic rings. The van der Waals surface area contributed by atoms with E-state index in [0.29, 0.717) is 13.1 Å². The Labute approximate surface area is 250 Å². The van der Waals surface area contributed by atoms with E-state index < -0.39 is 0 Å². The van der Waals surface area contributed by atoms with E-state index in [-0.39, 0.29) is 0 Å². The highest BCUT2D eigenvalue weighted by atomic mass is 14.9. The summed E-state index contributed by atoms with van der Waals surface area (Å²) >= 11 is 0. The molecule has 5 rings (SSSR count). The van der Waals surface area contributed by atoms with Crippen LogP contribution in [0.3, 0.4) is 0 Å². The van der Waals surface area contributed by atoms with E-state index in [1.165, 1.54) is 55.6 Å². The third-order valence-corrected chi connectivity index (χ3v) is 8.40. The predicted molar refractivity (Wildman–Crippen MR) is 173 cm³/mol. The fraction of sp³-hybridized carbons (Fsp3) is 0.333. The third kappa shape index (κ3) is 6.89. The molecule has 0 unspecified atom stereocenters. The second kappa shape index (κ2) is 13.3. The molecule has 0 aliphatic carbocycles. The van der Waals surface area contributed by atoms with Crippen LogP contribution in [0.5, 0.6) is 0 Å². The highest BCUT2D eigenvalue weighted by Gasteiger charge is 2.13. The second-order valence-electron chi connectivity index (χ2n) is 11.4. The summed E-state index contributed by atoms with van der Waals surface area (Å²) in [5, 5.41) is 7.28. The molecule has 0 amide bonds. The number of rotatable bonds is 0. The number of nitrogens with one attached hydrogen (secondary N) is 2. The molecule has 2 N–H and O–H groups in total. The first-order valence-electron chi connectivity index (χ1n) is 14.8. The summed E-state index contributed by atoms with van der Waals surface area (Å²) in [4.78, 5) is 19.3. The van der Waals surface area contributed by atoms with Gasteiger partial charge in [-0.1, -0.05) is 24.3 Å². The maximum absolute atomic E-state index is 4.93. The molecule has 1 aliphatic rings. The van der Waals surface area contributed by atoms with Crippen LogP contribution < -0.4 is 10.6 Å². The molecule has 42 heavy (non-hydrogen) atoms. The van der Waals surface area contributed by atoms with Crippen LogP contribution in [0.25, 0.3) is 0 Å². The minimum atomic E-state index is 0.621.